The zero-order chi connectivity index (χ0) is 12.4. The second-order valence-electron chi connectivity index (χ2n) is 4.56. The first-order chi connectivity index (χ1) is 8.13. The summed E-state index contributed by atoms with van der Waals surface area (Å²) >= 11 is 6.24. The van der Waals surface area contributed by atoms with Gasteiger partial charge in [0.15, 0.2) is 0 Å². The van der Waals surface area contributed by atoms with E-state index in [1.54, 1.807) is 13.0 Å². The maximum absolute atomic E-state index is 9.49. The van der Waals surface area contributed by atoms with Crippen LogP contribution in [0.25, 0.3) is 0 Å². The van der Waals surface area contributed by atoms with E-state index in [2.05, 4.69) is 4.90 Å². The lowest BCUT2D eigenvalue weighted by Gasteiger charge is -2.26. The molecule has 0 saturated carbocycles. The summed E-state index contributed by atoms with van der Waals surface area (Å²) in [5.74, 6) is 0. The minimum atomic E-state index is -0.506. The van der Waals surface area contributed by atoms with Gasteiger partial charge in [0.25, 0.3) is 0 Å². The summed E-state index contributed by atoms with van der Waals surface area (Å²) in [6, 6.07) is 5.79. The van der Waals surface area contributed by atoms with Crippen molar-refractivity contribution >= 4 is 17.3 Å². The smallest absolute Gasteiger partial charge is 0.0762 e. The van der Waals surface area contributed by atoms with Crippen LogP contribution in [0.3, 0.4) is 0 Å². The molecule has 1 aliphatic rings. The van der Waals surface area contributed by atoms with Gasteiger partial charge in [-0.15, -0.1) is 0 Å². The van der Waals surface area contributed by atoms with Gasteiger partial charge in [-0.1, -0.05) is 17.7 Å². The Bertz CT molecular complexity index is 395. The van der Waals surface area contributed by atoms with Crippen LogP contribution in [0, 0.1) is 0 Å². The fourth-order valence-corrected chi connectivity index (χ4v) is 2.66. The summed E-state index contributed by atoms with van der Waals surface area (Å²) in [6.07, 6.45) is 1.58. The van der Waals surface area contributed by atoms with Gasteiger partial charge in [0.05, 0.1) is 29.5 Å². The second kappa shape index (κ2) is 5.25. The van der Waals surface area contributed by atoms with Crippen molar-refractivity contribution in [2.24, 2.45) is 0 Å². The molecule has 2 N–H and O–H groups in total. The molecule has 0 radical (unpaired) electrons. The number of aliphatic hydroxyl groups excluding tert-OH is 2. The highest BCUT2D eigenvalue weighted by Crippen LogP contribution is 2.33. The Labute approximate surface area is 107 Å². The summed E-state index contributed by atoms with van der Waals surface area (Å²) in [6.45, 7) is 2.81. The summed E-state index contributed by atoms with van der Waals surface area (Å²) in [4.78, 5) is 2.15. The molecule has 2 atom stereocenters. The van der Waals surface area contributed by atoms with Crippen molar-refractivity contribution in [3.63, 3.8) is 0 Å². The monoisotopic (exact) mass is 255 g/mol. The molecule has 0 amide bonds. The number of anilines is 1. The Morgan fingerprint density at radius 1 is 1.53 bits per heavy atom. The summed E-state index contributed by atoms with van der Waals surface area (Å²) in [7, 11) is 0. The fraction of sp³-hybridized carbons (Fsp3) is 0.538. The lowest BCUT2D eigenvalue weighted by molar-refractivity contribution is 0.199. The molecule has 1 saturated heterocycles. The molecule has 1 fully saturated rings. The Morgan fingerprint density at radius 2 is 2.29 bits per heavy atom. The molecule has 1 aromatic rings. The van der Waals surface area contributed by atoms with Crippen molar-refractivity contribution in [1.29, 1.82) is 0 Å². The lowest BCUT2D eigenvalue weighted by atomic mass is 10.1. The standard InChI is InChI=1S/C13H18ClNO2/c1-9(17)10-4-5-13(12(14)7-10)15-6-2-3-11(15)8-16/h4-5,7,9,11,16-17H,2-3,6,8H2,1H3. The lowest BCUT2D eigenvalue weighted by Crippen LogP contribution is -2.32. The van der Waals surface area contributed by atoms with Crippen LogP contribution in [0.15, 0.2) is 18.2 Å². The van der Waals surface area contributed by atoms with Crippen LogP contribution in [-0.2, 0) is 0 Å². The number of rotatable bonds is 3. The highest BCUT2D eigenvalue weighted by atomic mass is 35.5. The van der Waals surface area contributed by atoms with Crippen LogP contribution in [0.5, 0.6) is 0 Å². The van der Waals surface area contributed by atoms with Gasteiger partial charge in [-0.25, -0.2) is 0 Å². The first kappa shape index (κ1) is 12.7. The van der Waals surface area contributed by atoms with Gasteiger partial charge in [-0.2, -0.15) is 0 Å². The van der Waals surface area contributed by atoms with Crippen LogP contribution in [0.4, 0.5) is 5.69 Å². The maximum atomic E-state index is 9.49. The van der Waals surface area contributed by atoms with E-state index < -0.39 is 6.10 Å². The van der Waals surface area contributed by atoms with E-state index in [1.165, 1.54) is 0 Å². The molecule has 0 aromatic heterocycles. The van der Waals surface area contributed by atoms with E-state index in [1.807, 2.05) is 12.1 Å². The summed E-state index contributed by atoms with van der Waals surface area (Å²) in [5.41, 5.74) is 1.77. The van der Waals surface area contributed by atoms with E-state index in [4.69, 9.17) is 11.6 Å². The number of halogens is 1. The normalized spacial score (nSPS) is 21.9. The highest BCUT2D eigenvalue weighted by molar-refractivity contribution is 6.33. The minimum Gasteiger partial charge on any atom is -0.394 e. The van der Waals surface area contributed by atoms with Gasteiger partial charge in [0, 0.05) is 6.54 Å². The average molecular weight is 256 g/mol. The summed E-state index contributed by atoms with van der Waals surface area (Å²) < 4.78 is 0. The second-order valence-corrected chi connectivity index (χ2v) is 4.97. The molecule has 1 aliphatic heterocycles. The molecule has 17 heavy (non-hydrogen) atoms. The molecule has 0 bridgehead atoms. The molecule has 2 rings (SSSR count). The van der Waals surface area contributed by atoms with Crippen LogP contribution in [-0.4, -0.2) is 29.4 Å². The SMILES string of the molecule is CC(O)c1ccc(N2CCCC2CO)c(Cl)c1. The number of hydrogen-bond acceptors (Lipinski definition) is 3. The zero-order valence-electron chi connectivity index (χ0n) is 9.93. The molecule has 1 heterocycles. The van der Waals surface area contributed by atoms with Gasteiger partial charge in [-0.05, 0) is 37.5 Å². The number of hydrogen-bond donors (Lipinski definition) is 2. The molecule has 2 unspecified atom stereocenters. The van der Waals surface area contributed by atoms with Gasteiger partial charge < -0.3 is 15.1 Å². The Hall–Kier alpha value is -0.770. The van der Waals surface area contributed by atoms with Crippen molar-refractivity contribution < 1.29 is 10.2 Å². The predicted octanol–water partition coefficient (Wildman–Crippen LogP) is 2.35. The van der Waals surface area contributed by atoms with Crippen molar-refractivity contribution in [2.45, 2.75) is 31.9 Å². The first-order valence-electron chi connectivity index (χ1n) is 5.98. The van der Waals surface area contributed by atoms with Crippen LogP contribution in [0.1, 0.15) is 31.4 Å². The van der Waals surface area contributed by atoms with Gasteiger partial charge in [-0.3, -0.25) is 0 Å². The average Bonchev–Trinajstić information content (AvgIpc) is 2.76. The molecule has 4 heteroatoms. The predicted molar refractivity (Wildman–Crippen MR) is 69.5 cm³/mol. The number of benzene rings is 1. The third kappa shape index (κ3) is 2.57. The van der Waals surface area contributed by atoms with Crippen molar-refractivity contribution in [3.8, 4) is 0 Å². The Kier molecular flexibility index (Phi) is 3.92. The van der Waals surface area contributed by atoms with Crippen LogP contribution < -0.4 is 4.90 Å². The minimum absolute atomic E-state index is 0.161. The van der Waals surface area contributed by atoms with Gasteiger partial charge in [0.2, 0.25) is 0 Å². The quantitative estimate of drug-likeness (QED) is 0.872. The van der Waals surface area contributed by atoms with Crippen LogP contribution >= 0.6 is 11.6 Å². The molecular weight excluding hydrogens is 238 g/mol. The number of nitrogens with zero attached hydrogens (tertiary/aromatic N) is 1. The fourth-order valence-electron chi connectivity index (χ4n) is 2.36. The van der Waals surface area contributed by atoms with Crippen LogP contribution in [0.2, 0.25) is 5.02 Å². The van der Waals surface area contributed by atoms with E-state index in [0.29, 0.717) is 5.02 Å². The molecule has 94 valence electrons. The third-order valence-electron chi connectivity index (χ3n) is 3.35. The topological polar surface area (TPSA) is 43.7 Å². The van der Waals surface area contributed by atoms with E-state index in [-0.39, 0.29) is 12.6 Å². The first-order valence-corrected chi connectivity index (χ1v) is 6.36. The largest absolute Gasteiger partial charge is 0.394 e. The Balaban J connectivity index is 2.27. The molecule has 0 aliphatic carbocycles. The van der Waals surface area contributed by atoms with E-state index in [0.717, 1.165) is 30.6 Å². The zero-order valence-corrected chi connectivity index (χ0v) is 10.7. The molecule has 0 spiro atoms. The van der Waals surface area contributed by atoms with Gasteiger partial charge >= 0.3 is 0 Å². The van der Waals surface area contributed by atoms with Crippen molar-refractivity contribution in [3.05, 3.63) is 28.8 Å². The summed E-state index contributed by atoms with van der Waals surface area (Å²) in [5, 5.41) is 19.4. The van der Waals surface area contributed by atoms with Crippen molar-refractivity contribution in [2.75, 3.05) is 18.1 Å². The van der Waals surface area contributed by atoms with Crippen molar-refractivity contribution in [1.82, 2.24) is 0 Å². The van der Waals surface area contributed by atoms with E-state index >= 15 is 0 Å². The van der Waals surface area contributed by atoms with Gasteiger partial charge in [0.1, 0.15) is 0 Å². The van der Waals surface area contributed by atoms with E-state index in [9.17, 15) is 10.2 Å². The highest BCUT2D eigenvalue weighted by Gasteiger charge is 2.25. The number of aliphatic hydroxyl groups is 2. The third-order valence-corrected chi connectivity index (χ3v) is 3.65. The molecule has 1 aromatic carbocycles. The maximum Gasteiger partial charge on any atom is 0.0762 e. The molecular formula is C13H18ClNO2. The Morgan fingerprint density at radius 3 is 2.88 bits per heavy atom. The molecule has 3 nitrogen and oxygen atoms in total.